The fourth-order valence-electron chi connectivity index (χ4n) is 2.51. The number of para-hydroxylation sites is 1. The van der Waals surface area contributed by atoms with Gasteiger partial charge in [-0.2, -0.15) is 0 Å². The molecule has 1 unspecified atom stereocenters. The smallest absolute Gasteiger partial charge is 0.251 e. The maximum atomic E-state index is 12.4. The minimum Gasteiger partial charge on any atom is -0.496 e. The maximum absolute atomic E-state index is 12.4. The van der Waals surface area contributed by atoms with Gasteiger partial charge in [0.1, 0.15) is 5.75 Å². The summed E-state index contributed by atoms with van der Waals surface area (Å²) in [4.78, 5) is 12.2. The molecule has 7 heteroatoms. The number of carbonyl (C=O) groups excluding carboxylic acids is 1. The molecule has 0 saturated heterocycles. The lowest BCUT2D eigenvalue weighted by atomic mass is 10.1. The number of benzene rings is 2. The van der Waals surface area contributed by atoms with Crippen LogP contribution in [0.15, 0.2) is 53.4 Å². The summed E-state index contributed by atoms with van der Waals surface area (Å²) in [7, 11) is -2.06. The molecule has 0 fully saturated rings. The normalized spacial score (nSPS) is 12.4. The van der Waals surface area contributed by atoms with E-state index in [0.717, 1.165) is 17.7 Å². The Morgan fingerprint density at radius 1 is 1.11 bits per heavy atom. The lowest BCUT2D eigenvalue weighted by Crippen LogP contribution is -2.32. The standard InChI is InChI=1S/C20H26N2O4S/c1-4-15(2)22-20(23)17-9-11-18(12-10-17)27(24,25)21-14-13-16-7-5-6-8-19(16)26-3/h5-12,15,21H,4,13-14H2,1-3H3,(H,22,23). The lowest BCUT2D eigenvalue weighted by Gasteiger charge is -2.12. The van der Waals surface area contributed by atoms with Gasteiger partial charge in [-0.1, -0.05) is 25.1 Å². The molecule has 1 amide bonds. The molecule has 6 nitrogen and oxygen atoms in total. The van der Waals surface area contributed by atoms with Gasteiger partial charge in [-0.15, -0.1) is 0 Å². The van der Waals surface area contributed by atoms with E-state index in [1.165, 1.54) is 24.3 Å². The zero-order valence-electron chi connectivity index (χ0n) is 15.9. The molecule has 2 aromatic rings. The van der Waals surface area contributed by atoms with E-state index in [0.29, 0.717) is 12.0 Å². The highest BCUT2D eigenvalue weighted by molar-refractivity contribution is 7.89. The Labute approximate surface area is 161 Å². The van der Waals surface area contributed by atoms with Gasteiger partial charge in [-0.3, -0.25) is 4.79 Å². The van der Waals surface area contributed by atoms with E-state index < -0.39 is 10.0 Å². The molecule has 0 aliphatic rings. The zero-order valence-corrected chi connectivity index (χ0v) is 16.7. The van der Waals surface area contributed by atoms with Crippen molar-refractivity contribution in [2.24, 2.45) is 0 Å². The van der Waals surface area contributed by atoms with Crippen molar-refractivity contribution < 1.29 is 17.9 Å². The maximum Gasteiger partial charge on any atom is 0.251 e. The molecule has 0 aliphatic heterocycles. The quantitative estimate of drug-likeness (QED) is 0.689. The third kappa shape index (κ3) is 5.80. The molecule has 0 aliphatic carbocycles. The topological polar surface area (TPSA) is 84.5 Å². The molecule has 0 spiro atoms. The summed E-state index contributed by atoms with van der Waals surface area (Å²) in [6.07, 6.45) is 1.34. The van der Waals surface area contributed by atoms with Crippen molar-refractivity contribution in [1.29, 1.82) is 0 Å². The Kier molecular flexibility index (Phi) is 7.38. The highest BCUT2D eigenvalue weighted by Gasteiger charge is 2.15. The Morgan fingerprint density at radius 2 is 1.78 bits per heavy atom. The van der Waals surface area contributed by atoms with Gasteiger partial charge < -0.3 is 10.1 Å². The molecule has 1 atom stereocenters. The van der Waals surface area contributed by atoms with Crippen molar-refractivity contribution >= 4 is 15.9 Å². The number of ether oxygens (including phenoxy) is 1. The van der Waals surface area contributed by atoms with Crippen molar-refractivity contribution in [3.05, 3.63) is 59.7 Å². The van der Waals surface area contributed by atoms with Crippen LogP contribution >= 0.6 is 0 Å². The van der Waals surface area contributed by atoms with Crippen molar-refractivity contribution in [3.8, 4) is 5.75 Å². The summed E-state index contributed by atoms with van der Waals surface area (Å²) < 4.78 is 32.7. The summed E-state index contributed by atoms with van der Waals surface area (Å²) >= 11 is 0. The lowest BCUT2D eigenvalue weighted by molar-refractivity contribution is 0.0939. The number of nitrogens with one attached hydrogen (secondary N) is 2. The first-order valence-corrected chi connectivity index (χ1v) is 10.4. The summed E-state index contributed by atoms with van der Waals surface area (Å²) in [6, 6.07) is 13.5. The van der Waals surface area contributed by atoms with E-state index in [1.807, 2.05) is 38.1 Å². The number of hydrogen-bond donors (Lipinski definition) is 2. The molecule has 0 radical (unpaired) electrons. The van der Waals surface area contributed by atoms with Crippen LogP contribution in [0.2, 0.25) is 0 Å². The molecule has 27 heavy (non-hydrogen) atoms. The second-order valence-electron chi connectivity index (χ2n) is 6.27. The molecule has 2 aromatic carbocycles. The van der Waals surface area contributed by atoms with Gasteiger partial charge in [0.15, 0.2) is 0 Å². The van der Waals surface area contributed by atoms with Gasteiger partial charge in [0, 0.05) is 18.2 Å². The van der Waals surface area contributed by atoms with Gasteiger partial charge in [0.25, 0.3) is 5.91 Å². The molecule has 0 heterocycles. The second kappa shape index (κ2) is 9.53. The SMILES string of the molecule is CCC(C)NC(=O)c1ccc(S(=O)(=O)NCCc2ccccc2OC)cc1. The van der Waals surface area contributed by atoms with E-state index in [4.69, 9.17) is 4.74 Å². The number of methoxy groups -OCH3 is 1. The van der Waals surface area contributed by atoms with E-state index >= 15 is 0 Å². The molecule has 0 aromatic heterocycles. The number of rotatable bonds is 9. The predicted octanol–water partition coefficient (Wildman–Crippen LogP) is 2.74. The van der Waals surface area contributed by atoms with Crippen LogP contribution in [0.3, 0.4) is 0 Å². The average Bonchev–Trinajstić information content (AvgIpc) is 2.68. The fraction of sp³-hybridized carbons (Fsp3) is 0.350. The Morgan fingerprint density at radius 3 is 2.41 bits per heavy atom. The average molecular weight is 391 g/mol. The monoisotopic (exact) mass is 390 g/mol. The van der Waals surface area contributed by atoms with E-state index in [9.17, 15) is 13.2 Å². The van der Waals surface area contributed by atoms with Crippen LogP contribution in [0.1, 0.15) is 36.2 Å². The summed E-state index contributed by atoms with van der Waals surface area (Å²) in [6.45, 7) is 4.15. The van der Waals surface area contributed by atoms with Gasteiger partial charge in [-0.05, 0) is 55.7 Å². The second-order valence-corrected chi connectivity index (χ2v) is 8.03. The summed E-state index contributed by atoms with van der Waals surface area (Å²) in [5.41, 5.74) is 1.36. The van der Waals surface area contributed by atoms with E-state index in [1.54, 1.807) is 7.11 Å². The highest BCUT2D eigenvalue weighted by atomic mass is 32.2. The van der Waals surface area contributed by atoms with Gasteiger partial charge in [0.2, 0.25) is 10.0 Å². The van der Waals surface area contributed by atoms with Gasteiger partial charge in [0.05, 0.1) is 12.0 Å². The molecule has 2 rings (SSSR count). The summed E-state index contributed by atoms with van der Waals surface area (Å²) in [5.74, 6) is 0.519. The summed E-state index contributed by atoms with van der Waals surface area (Å²) in [5, 5.41) is 2.85. The molecule has 0 saturated carbocycles. The molecular weight excluding hydrogens is 364 g/mol. The van der Waals surface area contributed by atoms with Crippen LogP contribution in [0.5, 0.6) is 5.75 Å². The molecule has 146 valence electrons. The highest BCUT2D eigenvalue weighted by Crippen LogP contribution is 2.18. The van der Waals surface area contributed by atoms with Crippen molar-refractivity contribution in [1.82, 2.24) is 10.0 Å². The van der Waals surface area contributed by atoms with Crippen LogP contribution in [-0.2, 0) is 16.4 Å². The molecular formula is C20H26N2O4S. The number of sulfonamides is 1. The minimum atomic E-state index is -3.64. The first-order chi connectivity index (χ1) is 12.9. The molecule has 2 N–H and O–H groups in total. The van der Waals surface area contributed by atoms with Gasteiger partial charge in [-0.25, -0.2) is 13.1 Å². The Hall–Kier alpha value is -2.38. The third-order valence-corrected chi connectivity index (χ3v) is 5.77. The predicted molar refractivity (Wildman–Crippen MR) is 106 cm³/mol. The van der Waals surface area contributed by atoms with Crippen LogP contribution in [0.4, 0.5) is 0 Å². The first-order valence-electron chi connectivity index (χ1n) is 8.90. The van der Waals surface area contributed by atoms with Crippen LogP contribution in [-0.4, -0.2) is 34.0 Å². The Balaban J connectivity index is 1.99. The number of carbonyl (C=O) groups is 1. The Bertz CT molecular complexity index is 864. The number of hydrogen-bond acceptors (Lipinski definition) is 4. The first kappa shape index (κ1) is 20.9. The number of amides is 1. The van der Waals surface area contributed by atoms with Crippen LogP contribution in [0.25, 0.3) is 0 Å². The fourth-order valence-corrected chi connectivity index (χ4v) is 3.54. The van der Waals surface area contributed by atoms with Gasteiger partial charge >= 0.3 is 0 Å². The van der Waals surface area contributed by atoms with E-state index in [2.05, 4.69) is 10.0 Å². The van der Waals surface area contributed by atoms with Crippen LogP contribution < -0.4 is 14.8 Å². The largest absolute Gasteiger partial charge is 0.496 e. The van der Waals surface area contributed by atoms with Crippen molar-refractivity contribution in [3.63, 3.8) is 0 Å². The third-order valence-electron chi connectivity index (χ3n) is 4.30. The van der Waals surface area contributed by atoms with Crippen molar-refractivity contribution in [2.45, 2.75) is 37.6 Å². The zero-order chi connectivity index (χ0) is 19.9. The van der Waals surface area contributed by atoms with E-state index in [-0.39, 0.29) is 23.4 Å². The van der Waals surface area contributed by atoms with Crippen LogP contribution in [0, 0.1) is 0 Å². The van der Waals surface area contributed by atoms with Crippen molar-refractivity contribution in [2.75, 3.05) is 13.7 Å². The minimum absolute atomic E-state index is 0.0672. The molecule has 0 bridgehead atoms.